The Hall–Kier alpha value is -4.56. The van der Waals surface area contributed by atoms with Crippen molar-refractivity contribution in [2.45, 2.75) is 33.1 Å². The number of ether oxygens (including phenoxy) is 1. The van der Waals surface area contributed by atoms with Crippen LogP contribution in [-0.4, -0.2) is 49.3 Å². The van der Waals surface area contributed by atoms with Gasteiger partial charge in [-0.1, -0.05) is 55.4 Å². The average molecular weight is 638 g/mol. The third-order valence-corrected chi connectivity index (χ3v) is 7.41. The zero-order valence-corrected chi connectivity index (χ0v) is 25.2. The van der Waals surface area contributed by atoms with Gasteiger partial charge >= 0.3 is 6.36 Å². The van der Waals surface area contributed by atoms with Gasteiger partial charge in [0.15, 0.2) is 11.0 Å². The van der Waals surface area contributed by atoms with Gasteiger partial charge in [0.2, 0.25) is 11.0 Å². The van der Waals surface area contributed by atoms with Crippen LogP contribution in [0.4, 0.5) is 18.9 Å². The predicted molar refractivity (Wildman–Crippen MR) is 169 cm³/mol. The Balaban J connectivity index is 1.25. The van der Waals surface area contributed by atoms with E-state index in [0.29, 0.717) is 22.2 Å². The number of rotatable bonds is 8. The number of thioether (sulfide) groups is 1. The topological polar surface area (TPSA) is 97.0 Å². The van der Waals surface area contributed by atoms with Gasteiger partial charge in [-0.15, -0.1) is 18.3 Å². The van der Waals surface area contributed by atoms with E-state index in [9.17, 15) is 18.0 Å². The van der Waals surface area contributed by atoms with Crippen LogP contribution < -0.4 is 15.1 Å². The second-order valence-corrected chi connectivity index (χ2v) is 11.0. The molecule has 44 heavy (non-hydrogen) atoms. The van der Waals surface area contributed by atoms with Crippen LogP contribution in [0.1, 0.15) is 30.0 Å². The van der Waals surface area contributed by atoms with Gasteiger partial charge in [0.05, 0.1) is 23.3 Å². The SMILES string of the molecule is CCCc1ccc(C)cc1N1C(=O)CS/C1=N\C(=S)N/N=C/c1cccc(-c2ncn(-c3ccc(OC(F)(F)F)cc3)n2)c1. The molecule has 0 bridgehead atoms. The molecule has 0 aliphatic carbocycles. The minimum absolute atomic E-state index is 0.0524. The number of nitrogens with zero attached hydrogens (tertiary/aromatic N) is 6. The summed E-state index contributed by atoms with van der Waals surface area (Å²) in [7, 11) is 0. The normalized spacial score (nSPS) is 14.5. The van der Waals surface area contributed by atoms with Crippen molar-refractivity contribution in [2.24, 2.45) is 10.1 Å². The highest BCUT2D eigenvalue weighted by molar-refractivity contribution is 8.15. The zero-order valence-electron chi connectivity index (χ0n) is 23.6. The summed E-state index contributed by atoms with van der Waals surface area (Å²) in [5.41, 5.74) is 7.64. The van der Waals surface area contributed by atoms with Gasteiger partial charge in [-0.3, -0.25) is 15.1 Å². The van der Waals surface area contributed by atoms with E-state index in [-0.39, 0.29) is 22.5 Å². The number of hydrazone groups is 1. The monoisotopic (exact) mass is 637 g/mol. The Morgan fingerprint density at radius 1 is 1.16 bits per heavy atom. The zero-order chi connectivity index (χ0) is 31.3. The number of halogens is 3. The number of aromatic nitrogens is 3. The summed E-state index contributed by atoms with van der Waals surface area (Å²) in [4.78, 5) is 23.2. The number of hydrogen-bond acceptors (Lipinski definition) is 7. The van der Waals surface area contributed by atoms with Crippen LogP contribution in [0.3, 0.4) is 0 Å². The van der Waals surface area contributed by atoms with E-state index in [4.69, 9.17) is 12.2 Å². The molecule has 2 heterocycles. The first-order valence-electron chi connectivity index (χ1n) is 13.4. The molecule has 3 aromatic carbocycles. The van der Waals surface area contributed by atoms with Crippen LogP contribution in [0.5, 0.6) is 5.75 Å². The second-order valence-electron chi connectivity index (χ2n) is 9.65. The van der Waals surface area contributed by atoms with Crippen LogP contribution in [0.15, 0.2) is 83.2 Å². The molecule has 9 nitrogen and oxygen atoms in total. The molecule has 1 aliphatic heterocycles. The average Bonchev–Trinajstić information content (AvgIpc) is 3.61. The van der Waals surface area contributed by atoms with Gasteiger partial charge in [-0.2, -0.15) is 10.1 Å². The Morgan fingerprint density at radius 3 is 2.70 bits per heavy atom. The van der Waals surface area contributed by atoms with Gasteiger partial charge in [0.1, 0.15) is 12.1 Å². The molecule has 226 valence electrons. The molecule has 1 saturated heterocycles. The number of aryl methyl sites for hydroxylation is 2. The molecular formula is C30H26F3N7O2S2. The number of amides is 1. The molecule has 1 fully saturated rings. The van der Waals surface area contributed by atoms with Crippen LogP contribution in [0, 0.1) is 6.92 Å². The van der Waals surface area contributed by atoms with Gasteiger partial charge in [0.25, 0.3) is 0 Å². The third kappa shape index (κ3) is 7.68. The highest BCUT2D eigenvalue weighted by atomic mass is 32.2. The lowest BCUT2D eigenvalue weighted by atomic mass is 10.0. The lowest BCUT2D eigenvalue weighted by molar-refractivity contribution is -0.274. The molecule has 1 aliphatic rings. The standard InChI is InChI=1S/C30H26F3N7O2S2/c1-3-5-21-9-8-19(2)14-25(21)40-26(41)17-44-29(40)36-28(43)37-35-16-20-6-4-7-22(15-20)27-34-18-39(38-27)23-10-12-24(13-11-23)42-30(31,32)33/h4,6-16,18H,3,5,17H2,1-2H3,(H,37,43)/b35-16+,36-29-. The first kappa shape index (κ1) is 30.9. The number of benzene rings is 3. The van der Waals surface area contributed by atoms with E-state index >= 15 is 0 Å². The maximum Gasteiger partial charge on any atom is 0.573 e. The molecule has 0 spiro atoms. The number of amidine groups is 1. The molecule has 5 rings (SSSR count). The van der Waals surface area contributed by atoms with Crippen molar-refractivity contribution in [1.82, 2.24) is 20.2 Å². The van der Waals surface area contributed by atoms with E-state index in [1.165, 1.54) is 47.0 Å². The molecule has 0 unspecified atom stereocenters. The highest BCUT2D eigenvalue weighted by Crippen LogP contribution is 2.31. The molecule has 0 radical (unpaired) electrons. The Kier molecular flexibility index (Phi) is 9.40. The van der Waals surface area contributed by atoms with Crippen LogP contribution in [0.2, 0.25) is 0 Å². The molecule has 1 N–H and O–H groups in total. The summed E-state index contributed by atoms with van der Waals surface area (Å²) in [5, 5.41) is 9.25. The summed E-state index contributed by atoms with van der Waals surface area (Å²) >= 11 is 6.72. The minimum Gasteiger partial charge on any atom is -0.406 e. The van der Waals surface area contributed by atoms with Crippen molar-refractivity contribution in [3.8, 4) is 22.8 Å². The molecule has 0 atom stereocenters. The van der Waals surface area contributed by atoms with Crippen molar-refractivity contribution in [1.29, 1.82) is 0 Å². The Labute approximate surface area is 260 Å². The number of carbonyl (C=O) groups excluding carboxylic acids is 1. The highest BCUT2D eigenvalue weighted by Gasteiger charge is 2.32. The summed E-state index contributed by atoms with van der Waals surface area (Å²) < 4.78 is 42.6. The lowest BCUT2D eigenvalue weighted by Crippen LogP contribution is -2.31. The van der Waals surface area contributed by atoms with Gasteiger partial charge in [-0.05, 0) is 78.7 Å². The van der Waals surface area contributed by atoms with E-state index in [1.54, 1.807) is 11.1 Å². The van der Waals surface area contributed by atoms with Crippen LogP contribution >= 0.6 is 24.0 Å². The molecule has 14 heteroatoms. The van der Waals surface area contributed by atoms with Crippen molar-refractivity contribution in [3.05, 3.63) is 89.7 Å². The summed E-state index contributed by atoms with van der Waals surface area (Å²) in [6.45, 7) is 4.08. The van der Waals surface area contributed by atoms with Crippen molar-refractivity contribution < 1.29 is 22.7 Å². The smallest absolute Gasteiger partial charge is 0.406 e. The molecule has 1 amide bonds. The number of thiocarbonyl (C=S) groups is 1. The number of hydrogen-bond donors (Lipinski definition) is 1. The molecular weight excluding hydrogens is 612 g/mol. The first-order valence-corrected chi connectivity index (χ1v) is 14.8. The molecule has 4 aromatic rings. The second kappa shape index (κ2) is 13.4. The molecule has 1 aromatic heterocycles. The van der Waals surface area contributed by atoms with Gasteiger partial charge in [0, 0.05) is 5.56 Å². The first-order chi connectivity index (χ1) is 21.1. The minimum atomic E-state index is -4.76. The molecule has 0 saturated carbocycles. The Morgan fingerprint density at radius 2 is 1.95 bits per heavy atom. The number of alkyl halides is 3. The van der Waals surface area contributed by atoms with Gasteiger partial charge < -0.3 is 4.74 Å². The van der Waals surface area contributed by atoms with Crippen molar-refractivity contribution in [2.75, 3.05) is 10.7 Å². The van der Waals surface area contributed by atoms with Crippen LogP contribution in [-0.2, 0) is 11.2 Å². The fraction of sp³-hybridized carbons (Fsp3) is 0.200. The quantitative estimate of drug-likeness (QED) is 0.135. The fourth-order valence-corrected chi connectivity index (χ4v) is 5.46. The summed E-state index contributed by atoms with van der Waals surface area (Å²) in [6, 6.07) is 18.7. The number of nitrogens with one attached hydrogen (secondary N) is 1. The van der Waals surface area contributed by atoms with E-state index in [0.717, 1.165) is 35.2 Å². The van der Waals surface area contributed by atoms with E-state index in [1.807, 2.05) is 49.4 Å². The largest absolute Gasteiger partial charge is 0.573 e. The predicted octanol–water partition coefficient (Wildman–Crippen LogP) is 6.44. The fourth-order valence-electron chi connectivity index (χ4n) is 4.40. The summed E-state index contributed by atoms with van der Waals surface area (Å²) in [5.74, 6) is 0.308. The van der Waals surface area contributed by atoms with Crippen molar-refractivity contribution >= 4 is 52.1 Å². The number of carbonyl (C=O) groups is 1. The number of anilines is 1. The maximum atomic E-state index is 12.8. The Bertz CT molecular complexity index is 1740. The van der Waals surface area contributed by atoms with Crippen molar-refractivity contribution in [3.63, 3.8) is 0 Å². The third-order valence-electron chi connectivity index (χ3n) is 6.31. The maximum absolute atomic E-state index is 12.8. The lowest BCUT2D eigenvalue weighted by Gasteiger charge is -2.20. The number of aliphatic imine (C=N–C) groups is 1. The van der Waals surface area contributed by atoms with Crippen LogP contribution in [0.25, 0.3) is 17.1 Å². The summed E-state index contributed by atoms with van der Waals surface area (Å²) in [6.07, 6.45) is 0.0562. The van der Waals surface area contributed by atoms with Gasteiger partial charge in [-0.25, -0.2) is 9.67 Å². The van der Waals surface area contributed by atoms with E-state index in [2.05, 4.69) is 37.3 Å². The van der Waals surface area contributed by atoms with E-state index < -0.39 is 6.36 Å².